The Morgan fingerprint density at radius 3 is 3.00 bits per heavy atom. The second kappa shape index (κ2) is 5.37. The molecule has 0 saturated heterocycles. The fourth-order valence-corrected chi connectivity index (χ4v) is 2.12. The largest absolute Gasteiger partial charge is 0.395 e. The summed E-state index contributed by atoms with van der Waals surface area (Å²) in [5.41, 5.74) is 2.10. The number of imidazole rings is 1. The summed E-state index contributed by atoms with van der Waals surface area (Å²) in [4.78, 5) is 15.9. The van der Waals surface area contributed by atoms with Crippen LogP contribution in [0.4, 0.5) is 0 Å². The number of nitrogens with zero attached hydrogens (tertiary/aromatic N) is 2. The van der Waals surface area contributed by atoms with E-state index in [0.717, 1.165) is 12.1 Å². The monoisotopic (exact) mass is 267 g/mol. The van der Waals surface area contributed by atoms with Gasteiger partial charge in [0.05, 0.1) is 17.6 Å². The van der Waals surface area contributed by atoms with Gasteiger partial charge in [0, 0.05) is 18.7 Å². The van der Waals surface area contributed by atoms with Crippen molar-refractivity contribution >= 4 is 28.5 Å². The molecule has 96 valence electrons. The molecule has 0 saturated carbocycles. The molecule has 0 atom stereocenters. The fourth-order valence-electron chi connectivity index (χ4n) is 1.81. The topological polar surface area (TPSA) is 67.2 Å². The summed E-state index contributed by atoms with van der Waals surface area (Å²) in [6.45, 7) is 2.87. The fraction of sp³-hybridized carbons (Fsp3) is 0.333. The molecule has 1 heterocycles. The summed E-state index contributed by atoms with van der Waals surface area (Å²) in [6.07, 6.45) is 0. The van der Waals surface area contributed by atoms with Crippen molar-refractivity contribution in [2.75, 3.05) is 13.2 Å². The van der Waals surface area contributed by atoms with Crippen molar-refractivity contribution in [3.05, 3.63) is 29.0 Å². The Bertz CT molecular complexity index is 580. The summed E-state index contributed by atoms with van der Waals surface area (Å²) < 4.78 is 1.87. The number of hydrogen-bond donors (Lipinski definition) is 2. The number of benzene rings is 1. The van der Waals surface area contributed by atoms with Gasteiger partial charge in [0.2, 0.25) is 5.28 Å². The highest BCUT2D eigenvalue weighted by Gasteiger charge is 2.11. The van der Waals surface area contributed by atoms with Crippen LogP contribution in [0.1, 0.15) is 17.3 Å². The van der Waals surface area contributed by atoms with Crippen molar-refractivity contribution in [2.45, 2.75) is 13.5 Å². The van der Waals surface area contributed by atoms with Crippen LogP contribution in [0.2, 0.25) is 5.28 Å². The Morgan fingerprint density at radius 1 is 1.56 bits per heavy atom. The first-order chi connectivity index (χ1) is 8.67. The Morgan fingerprint density at radius 2 is 2.33 bits per heavy atom. The highest BCUT2D eigenvalue weighted by molar-refractivity contribution is 6.29. The Hall–Kier alpha value is -1.59. The van der Waals surface area contributed by atoms with Crippen molar-refractivity contribution < 1.29 is 9.90 Å². The van der Waals surface area contributed by atoms with Gasteiger partial charge < -0.3 is 15.0 Å². The number of aromatic nitrogens is 2. The van der Waals surface area contributed by atoms with Crippen molar-refractivity contribution in [1.29, 1.82) is 0 Å². The number of rotatable bonds is 4. The first kappa shape index (κ1) is 12.9. The first-order valence-electron chi connectivity index (χ1n) is 5.72. The number of halogens is 1. The van der Waals surface area contributed by atoms with E-state index in [2.05, 4.69) is 10.3 Å². The molecule has 2 N–H and O–H groups in total. The maximum atomic E-state index is 11.7. The van der Waals surface area contributed by atoms with Crippen LogP contribution in [0.25, 0.3) is 11.0 Å². The van der Waals surface area contributed by atoms with Crippen LogP contribution >= 0.6 is 11.6 Å². The van der Waals surface area contributed by atoms with E-state index < -0.39 is 0 Å². The zero-order chi connectivity index (χ0) is 13.1. The second-order valence-electron chi connectivity index (χ2n) is 3.81. The average Bonchev–Trinajstić information content (AvgIpc) is 2.69. The van der Waals surface area contributed by atoms with E-state index >= 15 is 0 Å². The third kappa shape index (κ3) is 2.32. The van der Waals surface area contributed by atoms with Gasteiger partial charge in [-0.1, -0.05) is 0 Å². The molecule has 0 bridgehead atoms. The molecule has 0 aliphatic heterocycles. The molecule has 0 fully saturated rings. The third-order valence-corrected chi connectivity index (χ3v) is 2.97. The van der Waals surface area contributed by atoms with Crippen LogP contribution in [-0.2, 0) is 6.54 Å². The normalized spacial score (nSPS) is 10.8. The highest BCUT2D eigenvalue weighted by atomic mass is 35.5. The number of aryl methyl sites for hydroxylation is 1. The quantitative estimate of drug-likeness (QED) is 0.881. The van der Waals surface area contributed by atoms with E-state index in [4.69, 9.17) is 16.7 Å². The predicted molar refractivity (Wildman–Crippen MR) is 69.8 cm³/mol. The van der Waals surface area contributed by atoms with Crippen LogP contribution in [-0.4, -0.2) is 33.7 Å². The van der Waals surface area contributed by atoms with Crippen molar-refractivity contribution in [3.63, 3.8) is 0 Å². The van der Waals surface area contributed by atoms with E-state index in [9.17, 15) is 4.79 Å². The minimum Gasteiger partial charge on any atom is -0.395 e. The van der Waals surface area contributed by atoms with Gasteiger partial charge in [-0.2, -0.15) is 0 Å². The number of amides is 1. The summed E-state index contributed by atoms with van der Waals surface area (Å²) in [7, 11) is 0. The molecule has 0 spiro atoms. The number of hydrogen-bond acceptors (Lipinski definition) is 3. The van der Waals surface area contributed by atoms with E-state index in [1.807, 2.05) is 17.6 Å². The molecule has 0 unspecified atom stereocenters. The van der Waals surface area contributed by atoms with Crippen LogP contribution < -0.4 is 5.32 Å². The standard InChI is InChI=1S/C12H14ClN3O2/c1-2-16-10-4-3-8(11(18)14-5-6-17)7-9(10)15-12(16)13/h3-4,7,17H,2,5-6H2,1H3,(H,14,18). The maximum Gasteiger partial charge on any atom is 0.251 e. The van der Waals surface area contributed by atoms with Gasteiger partial charge in [-0.3, -0.25) is 4.79 Å². The van der Waals surface area contributed by atoms with E-state index in [-0.39, 0.29) is 19.1 Å². The van der Waals surface area contributed by atoms with E-state index in [1.165, 1.54) is 0 Å². The molecule has 1 amide bonds. The van der Waals surface area contributed by atoms with Crippen molar-refractivity contribution in [3.8, 4) is 0 Å². The minimum atomic E-state index is -0.229. The Balaban J connectivity index is 2.36. The van der Waals surface area contributed by atoms with Gasteiger partial charge in [0.25, 0.3) is 5.91 Å². The van der Waals surface area contributed by atoms with Gasteiger partial charge in [0.15, 0.2) is 0 Å². The van der Waals surface area contributed by atoms with Crippen LogP contribution in [0, 0.1) is 0 Å². The molecule has 1 aromatic heterocycles. The molecule has 1 aromatic carbocycles. The van der Waals surface area contributed by atoms with Gasteiger partial charge >= 0.3 is 0 Å². The molecule has 0 radical (unpaired) electrons. The molecule has 5 nitrogen and oxygen atoms in total. The van der Waals surface area contributed by atoms with E-state index in [1.54, 1.807) is 12.1 Å². The summed E-state index contributed by atoms with van der Waals surface area (Å²) in [6, 6.07) is 5.24. The molecule has 0 aliphatic rings. The number of fused-ring (bicyclic) bond motifs is 1. The Labute approximate surface area is 109 Å². The maximum absolute atomic E-state index is 11.7. The van der Waals surface area contributed by atoms with E-state index in [0.29, 0.717) is 16.4 Å². The SMILES string of the molecule is CCn1c(Cl)nc2cc(C(=O)NCCO)ccc21. The molecule has 18 heavy (non-hydrogen) atoms. The predicted octanol–water partition coefficient (Wildman–Crippen LogP) is 1.43. The number of nitrogens with one attached hydrogen (secondary N) is 1. The van der Waals surface area contributed by atoms with Crippen molar-refractivity contribution in [2.24, 2.45) is 0 Å². The summed E-state index contributed by atoms with van der Waals surface area (Å²) >= 11 is 6.00. The summed E-state index contributed by atoms with van der Waals surface area (Å²) in [5, 5.41) is 11.7. The van der Waals surface area contributed by atoms with Crippen LogP contribution in [0.3, 0.4) is 0 Å². The number of aliphatic hydroxyl groups is 1. The van der Waals surface area contributed by atoms with Crippen LogP contribution in [0.5, 0.6) is 0 Å². The Kier molecular flexibility index (Phi) is 3.84. The molecule has 2 aromatic rings. The zero-order valence-electron chi connectivity index (χ0n) is 9.98. The second-order valence-corrected chi connectivity index (χ2v) is 4.15. The third-order valence-electron chi connectivity index (χ3n) is 2.68. The average molecular weight is 268 g/mol. The van der Waals surface area contributed by atoms with Gasteiger partial charge in [-0.25, -0.2) is 4.98 Å². The lowest BCUT2D eigenvalue weighted by Crippen LogP contribution is -2.26. The minimum absolute atomic E-state index is 0.0791. The molecular formula is C12H14ClN3O2. The first-order valence-corrected chi connectivity index (χ1v) is 6.10. The number of carbonyl (C=O) groups is 1. The molecule has 6 heteroatoms. The molecule has 0 aliphatic carbocycles. The van der Waals surface area contributed by atoms with Gasteiger partial charge in [-0.05, 0) is 36.7 Å². The van der Waals surface area contributed by atoms with Crippen LogP contribution in [0.15, 0.2) is 18.2 Å². The number of carbonyl (C=O) groups excluding carboxylic acids is 1. The summed E-state index contributed by atoms with van der Waals surface area (Å²) in [5.74, 6) is -0.229. The molecular weight excluding hydrogens is 254 g/mol. The van der Waals surface area contributed by atoms with Gasteiger partial charge in [-0.15, -0.1) is 0 Å². The zero-order valence-corrected chi connectivity index (χ0v) is 10.7. The smallest absolute Gasteiger partial charge is 0.251 e. The number of aliphatic hydroxyl groups excluding tert-OH is 1. The lowest BCUT2D eigenvalue weighted by Gasteiger charge is -2.04. The lowest BCUT2D eigenvalue weighted by molar-refractivity contribution is 0.0945. The lowest BCUT2D eigenvalue weighted by atomic mass is 10.2. The highest BCUT2D eigenvalue weighted by Crippen LogP contribution is 2.20. The van der Waals surface area contributed by atoms with Gasteiger partial charge in [0.1, 0.15) is 0 Å². The van der Waals surface area contributed by atoms with Crippen molar-refractivity contribution in [1.82, 2.24) is 14.9 Å². The molecule has 2 rings (SSSR count).